The summed E-state index contributed by atoms with van der Waals surface area (Å²) >= 11 is 6.13. The van der Waals surface area contributed by atoms with Crippen LogP contribution in [0.4, 0.5) is 5.69 Å². The van der Waals surface area contributed by atoms with E-state index in [9.17, 15) is 9.59 Å². The molecule has 6 heteroatoms. The zero-order valence-electron chi connectivity index (χ0n) is 12.3. The summed E-state index contributed by atoms with van der Waals surface area (Å²) in [7, 11) is 0. The van der Waals surface area contributed by atoms with Gasteiger partial charge in [0.15, 0.2) is 0 Å². The maximum Gasteiger partial charge on any atom is 0.227 e. The molecule has 0 spiro atoms. The van der Waals surface area contributed by atoms with E-state index >= 15 is 0 Å². The highest BCUT2D eigenvalue weighted by atomic mass is 35.5. The molecule has 2 fully saturated rings. The third-order valence-electron chi connectivity index (χ3n) is 4.17. The minimum Gasteiger partial charge on any atom is -0.376 e. The van der Waals surface area contributed by atoms with Crippen molar-refractivity contribution in [3.8, 4) is 0 Å². The van der Waals surface area contributed by atoms with Crippen molar-refractivity contribution in [1.82, 2.24) is 5.32 Å². The van der Waals surface area contributed by atoms with Crippen molar-refractivity contribution in [1.29, 1.82) is 0 Å². The predicted octanol–water partition coefficient (Wildman–Crippen LogP) is 1.99. The molecule has 0 bridgehead atoms. The topological polar surface area (TPSA) is 58.6 Å². The number of rotatable bonds is 4. The zero-order chi connectivity index (χ0) is 15.5. The lowest BCUT2D eigenvalue weighted by Gasteiger charge is -2.18. The normalized spacial score (nSPS) is 24.8. The van der Waals surface area contributed by atoms with E-state index in [1.54, 1.807) is 17.0 Å². The van der Waals surface area contributed by atoms with Crippen LogP contribution < -0.4 is 10.2 Å². The molecular formula is C16H19ClN2O3. The van der Waals surface area contributed by atoms with Gasteiger partial charge >= 0.3 is 0 Å². The number of hydrogen-bond donors (Lipinski definition) is 1. The van der Waals surface area contributed by atoms with Crippen molar-refractivity contribution >= 4 is 29.1 Å². The van der Waals surface area contributed by atoms with E-state index in [2.05, 4.69) is 5.32 Å². The number of nitrogens with one attached hydrogen (secondary N) is 1. The fourth-order valence-electron chi connectivity index (χ4n) is 2.95. The van der Waals surface area contributed by atoms with Crippen molar-refractivity contribution in [2.75, 3.05) is 24.6 Å². The first kappa shape index (κ1) is 15.3. The van der Waals surface area contributed by atoms with E-state index in [0.29, 0.717) is 23.8 Å². The van der Waals surface area contributed by atoms with Gasteiger partial charge in [0.2, 0.25) is 11.8 Å². The Bertz CT molecular complexity index is 572. The molecule has 0 radical (unpaired) electrons. The van der Waals surface area contributed by atoms with Crippen LogP contribution in [0.3, 0.4) is 0 Å². The van der Waals surface area contributed by atoms with Gasteiger partial charge < -0.3 is 15.0 Å². The zero-order valence-corrected chi connectivity index (χ0v) is 13.0. The summed E-state index contributed by atoms with van der Waals surface area (Å²) in [5, 5.41) is 3.42. The van der Waals surface area contributed by atoms with Gasteiger partial charge in [-0.2, -0.15) is 0 Å². The summed E-state index contributed by atoms with van der Waals surface area (Å²) in [5.74, 6) is -0.478. The van der Waals surface area contributed by atoms with Crippen LogP contribution in [0.15, 0.2) is 24.3 Å². The van der Waals surface area contributed by atoms with Crippen LogP contribution in [0, 0.1) is 5.92 Å². The second-order valence-electron chi connectivity index (χ2n) is 5.74. The van der Waals surface area contributed by atoms with Crippen molar-refractivity contribution in [2.24, 2.45) is 5.92 Å². The summed E-state index contributed by atoms with van der Waals surface area (Å²) in [5.41, 5.74) is 0.670. The second-order valence-corrected chi connectivity index (χ2v) is 6.14. The van der Waals surface area contributed by atoms with Gasteiger partial charge in [-0.25, -0.2) is 0 Å². The SMILES string of the molecule is O=C(NC[C@@H]1CCCO1)[C@H]1CC(=O)N(c2ccccc2Cl)C1. The van der Waals surface area contributed by atoms with Crippen LogP contribution >= 0.6 is 11.6 Å². The fraction of sp³-hybridized carbons (Fsp3) is 0.500. The third-order valence-corrected chi connectivity index (χ3v) is 4.49. The number of halogens is 1. The van der Waals surface area contributed by atoms with Crippen LogP contribution in [0.2, 0.25) is 5.02 Å². The highest BCUT2D eigenvalue weighted by molar-refractivity contribution is 6.33. The van der Waals surface area contributed by atoms with Gasteiger partial charge in [-0.15, -0.1) is 0 Å². The molecule has 22 heavy (non-hydrogen) atoms. The number of ether oxygens (including phenoxy) is 1. The summed E-state index contributed by atoms with van der Waals surface area (Å²) in [6.07, 6.45) is 2.36. The molecule has 3 rings (SSSR count). The Labute approximate surface area is 134 Å². The van der Waals surface area contributed by atoms with Gasteiger partial charge in [0.05, 0.1) is 22.7 Å². The lowest BCUT2D eigenvalue weighted by Crippen LogP contribution is -2.37. The monoisotopic (exact) mass is 322 g/mol. The van der Waals surface area contributed by atoms with Crippen molar-refractivity contribution in [2.45, 2.75) is 25.4 Å². The number of amides is 2. The number of hydrogen-bond acceptors (Lipinski definition) is 3. The summed E-state index contributed by atoms with van der Waals surface area (Å²) < 4.78 is 5.48. The Hall–Kier alpha value is -1.59. The molecular weight excluding hydrogens is 304 g/mol. The van der Waals surface area contributed by atoms with Gasteiger partial charge in [0.1, 0.15) is 0 Å². The molecule has 0 aromatic heterocycles. The van der Waals surface area contributed by atoms with Crippen molar-refractivity contribution in [3.05, 3.63) is 29.3 Å². The van der Waals surface area contributed by atoms with Crippen LogP contribution in [0.1, 0.15) is 19.3 Å². The van der Waals surface area contributed by atoms with Crippen LogP contribution in [-0.4, -0.2) is 37.6 Å². The standard InChI is InChI=1S/C16H19ClN2O3/c17-13-5-1-2-6-14(13)19-10-11(8-15(19)20)16(21)18-9-12-4-3-7-22-12/h1-2,5-6,11-12H,3-4,7-10H2,(H,18,21)/t11-,12-/m0/s1. The number of carbonyl (C=O) groups is 2. The number of anilines is 1. The molecule has 2 heterocycles. The van der Waals surface area contributed by atoms with Crippen LogP contribution in [0.25, 0.3) is 0 Å². The summed E-state index contributed by atoms with van der Waals surface area (Å²) in [6, 6.07) is 7.19. The largest absolute Gasteiger partial charge is 0.376 e. The van der Waals surface area contributed by atoms with E-state index in [0.717, 1.165) is 19.4 Å². The molecule has 2 amide bonds. The molecule has 1 aromatic rings. The van der Waals surface area contributed by atoms with Gasteiger partial charge in [0.25, 0.3) is 0 Å². The van der Waals surface area contributed by atoms with Gasteiger partial charge in [-0.05, 0) is 25.0 Å². The fourth-order valence-corrected chi connectivity index (χ4v) is 3.19. The molecule has 0 unspecified atom stereocenters. The van der Waals surface area contributed by atoms with E-state index in [1.165, 1.54) is 0 Å². The van der Waals surface area contributed by atoms with E-state index in [1.807, 2.05) is 12.1 Å². The molecule has 2 aliphatic rings. The highest BCUT2D eigenvalue weighted by Crippen LogP contribution is 2.31. The molecule has 2 saturated heterocycles. The summed E-state index contributed by atoms with van der Waals surface area (Å²) in [4.78, 5) is 26.0. The number of benzene rings is 1. The first-order chi connectivity index (χ1) is 10.6. The van der Waals surface area contributed by atoms with Gasteiger partial charge in [-0.1, -0.05) is 23.7 Å². The maximum absolute atomic E-state index is 12.2. The van der Waals surface area contributed by atoms with Crippen molar-refractivity contribution < 1.29 is 14.3 Å². The number of carbonyl (C=O) groups excluding carboxylic acids is 2. The number of nitrogens with zero attached hydrogens (tertiary/aromatic N) is 1. The average molecular weight is 323 g/mol. The van der Waals surface area contributed by atoms with E-state index in [4.69, 9.17) is 16.3 Å². The molecule has 5 nitrogen and oxygen atoms in total. The van der Waals surface area contributed by atoms with E-state index in [-0.39, 0.29) is 30.3 Å². The second kappa shape index (κ2) is 6.67. The smallest absolute Gasteiger partial charge is 0.227 e. The van der Waals surface area contributed by atoms with Gasteiger partial charge in [0, 0.05) is 26.1 Å². The molecule has 1 N–H and O–H groups in total. The Morgan fingerprint density at radius 3 is 2.95 bits per heavy atom. The minimum absolute atomic E-state index is 0.0645. The Morgan fingerprint density at radius 1 is 1.41 bits per heavy atom. The maximum atomic E-state index is 12.2. The van der Waals surface area contributed by atoms with Gasteiger partial charge in [-0.3, -0.25) is 9.59 Å². The van der Waals surface area contributed by atoms with Crippen molar-refractivity contribution in [3.63, 3.8) is 0 Å². The lowest BCUT2D eigenvalue weighted by atomic mass is 10.1. The van der Waals surface area contributed by atoms with Crippen LogP contribution in [0.5, 0.6) is 0 Å². The third kappa shape index (κ3) is 3.25. The summed E-state index contributed by atoms with van der Waals surface area (Å²) in [6.45, 7) is 1.66. The number of para-hydroxylation sites is 1. The Kier molecular flexibility index (Phi) is 4.64. The molecule has 0 aliphatic carbocycles. The predicted molar refractivity (Wildman–Crippen MR) is 83.9 cm³/mol. The Morgan fingerprint density at radius 2 is 2.23 bits per heavy atom. The Balaban J connectivity index is 1.59. The highest BCUT2D eigenvalue weighted by Gasteiger charge is 2.36. The first-order valence-corrected chi connectivity index (χ1v) is 7.97. The first-order valence-electron chi connectivity index (χ1n) is 7.59. The lowest BCUT2D eigenvalue weighted by molar-refractivity contribution is -0.126. The minimum atomic E-state index is -0.329. The molecule has 2 atom stereocenters. The quantitative estimate of drug-likeness (QED) is 0.922. The molecule has 2 aliphatic heterocycles. The average Bonchev–Trinajstić information content (AvgIpc) is 3.15. The van der Waals surface area contributed by atoms with Crippen LogP contribution in [-0.2, 0) is 14.3 Å². The molecule has 0 saturated carbocycles. The molecule has 1 aromatic carbocycles. The molecule has 118 valence electrons. The van der Waals surface area contributed by atoms with E-state index < -0.39 is 0 Å².